The van der Waals surface area contributed by atoms with E-state index in [4.69, 9.17) is 18.9 Å². The number of alkyl carbamates (subject to hydrolysis) is 1. The van der Waals surface area contributed by atoms with E-state index < -0.39 is 11.7 Å². The third-order valence-corrected chi connectivity index (χ3v) is 4.68. The quantitative estimate of drug-likeness (QED) is 0.517. The van der Waals surface area contributed by atoms with E-state index in [0.717, 1.165) is 25.2 Å². The fourth-order valence-electron chi connectivity index (χ4n) is 3.00. The molecule has 1 heterocycles. The van der Waals surface area contributed by atoms with Gasteiger partial charge in [-0.25, -0.2) is 9.59 Å². The number of carbonyl (C=O) groups is 2. The van der Waals surface area contributed by atoms with Crippen LogP contribution in [0.1, 0.15) is 26.3 Å². The van der Waals surface area contributed by atoms with E-state index >= 15 is 0 Å². The first kappa shape index (κ1) is 25.9. The normalized spacial score (nSPS) is 14.8. The van der Waals surface area contributed by atoms with Gasteiger partial charge in [-0.05, 0) is 26.3 Å². The minimum Gasteiger partial charge on any atom is -0.445 e. The summed E-state index contributed by atoms with van der Waals surface area (Å²) in [4.78, 5) is 27.7. The lowest BCUT2D eigenvalue weighted by atomic mass is 10.2. The van der Waals surface area contributed by atoms with Crippen LogP contribution in [0.25, 0.3) is 0 Å². The van der Waals surface area contributed by atoms with Crippen molar-refractivity contribution < 1.29 is 28.5 Å². The molecule has 9 nitrogen and oxygen atoms in total. The topological polar surface area (TPSA) is 89.6 Å². The Bertz CT molecular complexity index is 672. The van der Waals surface area contributed by atoms with E-state index in [1.54, 1.807) is 4.90 Å². The lowest BCUT2D eigenvalue weighted by Gasteiger charge is -2.35. The summed E-state index contributed by atoms with van der Waals surface area (Å²) in [6, 6.07) is 9.53. The van der Waals surface area contributed by atoms with E-state index in [-0.39, 0.29) is 12.7 Å². The molecule has 0 radical (unpaired) electrons. The van der Waals surface area contributed by atoms with E-state index in [1.165, 1.54) is 0 Å². The van der Waals surface area contributed by atoms with Crippen molar-refractivity contribution in [2.24, 2.45) is 0 Å². The summed E-state index contributed by atoms with van der Waals surface area (Å²) in [6.07, 6.45) is -0.704. The van der Waals surface area contributed by atoms with Gasteiger partial charge in [0.15, 0.2) is 0 Å². The van der Waals surface area contributed by atoms with Crippen molar-refractivity contribution in [3.63, 3.8) is 0 Å². The number of piperazine rings is 1. The van der Waals surface area contributed by atoms with Gasteiger partial charge in [0.1, 0.15) is 12.2 Å². The van der Waals surface area contributed by atoms with Crippen molar-refractivity contribution in [1.82, 2.24) is 15.1 Å². The fourth-order valence-corrected chi connectivity index (χ4v) is 3.00. The summed E-state index contributed by atoms with van der Waals surface area (Å²) < 4.78 is 21.6. The Labute approximate surface area is 190 Å². The predicted molar refractivity (Wildman–Crippen MR) is 121 cm³/mol. The maximum Gasteiger partial charge on any atom is 0.410 e. The Morgan fingerprint density at radius 2 is 1.59 bits per heavy atom. The Balaban J connectivity index is 1.39. The van der Waals surface area contributed by atoms with Crippen molar-refractivity contribution in [3.05, 3.63) is 35.9 Å². The molecule has 0 saturated carbocycles. The standard InChI is InChI=1S/C23H37N3O6/c1-23(2,3)32-22(28)26-12-10-25(11-13-26)14-16-30-18-17-29-15-9-24-21(27)31-19-20-7-5-4-6-8-20/h4-8H,9-19H2,1-3H3,(H,24,27). The Hall–Kier alpha value is -2.36. The minimum absolute atomic E-state index is 0.246. The zero-order chi connectivity index (χ0) is 23.2. The molecule has 0 unspecified atom stereocenters. The minimum atomic E-state index is -0.466. The molecule has 1 fully saturated rings. The van der Waals surface area contributed by atoms with Crippen LogP contribution in [0.15, 0.2) is 30.3 Å². The van der Waals surface area contributed by atoms with Crippen LogP contribution in [0.4, 0.5) is 9.59 Å². The van der Waals surface area contributed by atoms with Gasteiger partial charge in [0.2, 0.25) is 0 Å². The molecule has 0 atom stereocenters. The van der Waals surface area contributed by atoms with Crippen LogP contribution in [0.5, 0.6) is 0 Å². The number of ether oxygens (including phenoxy) is 4. The molecule has 0 spiro atoms. The van der Waals surface area contributed by atoms with E-state index in [9.17, 15) is 9.59 Å². The van der Waals surface area contributed by atoms with Crippen LogP contribution >= 0.6 is 0 Å². The highest BCUT2D eigenvalue weighted by Gasteiger charge is 2.25. The number of carbonyl (C=O) groups excluding carboxylic acids is 2. The van der Waals surface area contributed by atoms with Crippen LogP contribution in [0.3, 0.4) is 0 Å². The van der Waals surface area contributed by atoms with Gasteiger partial charge in [-0.1, -0.05) is 30.3 Å². The average molecular weight is 452 g/mol. The first-order valence-corrected chi connectivity index (χ1v) is 11.1. The van der Waals surface area contributed by atoms with Crippen LogP contribution in [0.2, 0.25) is 0 Å². The zero-order valence-corrected chi connectivity index (χ0v) is 19.5. The Kier molecular flexibility index (Phi) is 11.3. The van der Waals surface area contributed by atoms with Gasteiger partial charge >= 0.3 is 12.2 Å². The third-order valence-electron chi connectivity index (χ3n) is 4.68. The predicted octanol–water partition coefficient (Wildman–Crippen LogP) is 2.50. The molecular weight excluding hydrogens is 414 g/mol. The van der Waals surface area contributed by atoms with Gasteiger partial charge in [0.25, 0.3) is 0 Å². The second-order valence-corrected chi connectivity index (χ2v) is 8.52. The average Bonchev–Trinajstić information content (AvgIpc) is 2.76. The second kappa shape index (κ2) is 13.9. The molecule has 9 heteroatoms. The Morgan fingerprint density at radius 3 is 2.25 bits per heavy atom. The van der Waals surface area contributed by atoms with Gasteiger partial charge in [0.05, 0.1) is 26.4 Å². The summed E-state index contributed by atoms with van der Waals surface area (Å²) in [5.74, 6) is 0. The maximum absolute atomic E-state index is 12.1. The van der Waals surface area contributed by atoms with Crippen molar-refractivity contribution in [1.29, 1.82) is 0 Å². The van der Waals surface area contributed by atoms with Gasteiger partial charge in [0, 0.05) is 39.3 Å². The molecule has 1 aromatic rings. The molecular formula is C23H37N3O6. The first-order valence-electron chi connectivity index (χ1n) is 11.1. The number of nitrogens with zero attached hydrogens (tertiary/aromatic N) is 2. The van der Waals surface area contributed by atoms with Crippen molar-refractivity contribution in [2.45, 2.75) is 33.0 Å². The van der Waals surface area contributed by atoms with E-state index in [1.807, 2.05) is 51.1 Å². The molecule has 32 heavy (non-hydrogen) atoms. The van der Waals surface area contributed by atoms with Crippen molar-refractivity contribution >= 4 is 12.2 Å². The van der Waals surface area contributed by atoms with Crippen LogP contribution in [-0.4, -0.2) is 93.3 Å². The summed E-state index contributed by atoms with van der Waals surface area (Å²) >= 11 is 0. The van der Waals surface area contributed by atoms with Crippen molar-refractivity contribution in [2.75, 3.05) is 65.7 Å². The van der Waals surface area contributed by atoms with Crippen LogP contribution < -0.4 is 5.32 Å². The largest absolute Gasteiger partial charge is 0.445 e. The van der Waals surface area contributed by atoms with Crippen LogP contribution in [0, 0.1) is 0 Å². The summed E-state index contributed by atoms with van der Waals surface area (Å²) in [5.41, 5.74) is 0.479. The van der Waals surface area contributed by atoms with Gasteiger partial charge in [-0.2, -0.15) is 0 Å². The molecule has 0 bridgehead atoms. The van der Waals surface area contributed by atoms with Gasteiger partial charge in [-0.15, -0.1) is 0 Å². The number of nitrogens with one attached hydrogen (secondary N) is 1. The fraction of sp³-hybridized carbons (Fsp3) is 0.652. The molecule has 1 N–H and O–H groups in total. The molecule has 1 aromatic carbocycles. The summed E-state index contributed by atoms with van der Waals surface area (Å²) in [7, 11) is 0. The zero-order valence-electron chi connectivity index (χ0n) is 19.5. The number of amides is 2. The summed E-state index contributed by atoms with van der Waals surface area (Å²) in [5, 5.41) is 2.65. The molecule has 0 aromatic heterocycles. The highest BCUT2D eigenvalue weighted by molar-refractivity contribution is 5.68. The highest BCUT2D eigenvalue weighted by atomic mass is 16.6. The third kappa shape index (κ3) is 11.3. The maximum atomic E-state index is 12.1. The molecule has 1 aliphatic heterocycles. The molecule has 2 amide bonds. The molecule has 2 rings (SSSR count). The number of rotatable bonds is 11. The first-order chi connectivity index (χ1) is 15.3. The van der Waals surface area contributed by atoms with Crippen LogP contribution in [-0.2, 0) is 25.6 Å². The number of hydrogen-bond donors (Lipinski definition) is 1. The molecule has 1 aliphatic rings. The van der Waals surface area contributed by atoms with Crippen molar-refractivity contribution in [3.8, 4) is 0 Å². The number of hydrogen-bond acceptors (Lipinski definition) is 7. The van der Waals surface area contributed by atoms with E-state index in [0.29, 0.717) is 46.1 Å². The summed E-state index contributed by atoms with van der Waals surface area (Å²) in [6.45, 7) is 12.0. The van der Waals surface area contributed by atoms with Gasteiger partial charge in [-0.3, -0.25) is 4.90 Å². The molecule has 180 valence electrons. The molecule has 0 aliphatic carbocycles. The molecule has 1 saturated heterocycles. The lowest BCUT2D eigenvalue weighted by Crippen LogP contribution is -2.50. The second-order valence-electron chi connectivity index (χ2n) is 8.52. The van der Waals surface area contributed by atoms with Gasteiger partial charge < -0.3 is 29.2 Å². The SMILES string of the molecule is CC(C)(C)OC(=O)N1CCN(CCOCCOCCNC(=O)OCc2ccccc2)CC1. The smallest absolute Gasteiger partial charge is 0.410 e. The highest BCUT2D eigenvalue weighted by Crippen LogP contribution is 2.11. The lowest BCUT2D eigenvalue weighted by molar-refractivity contribution is 0.00830. The Morgan fingerprint density at radius 1 is 0.938 bits per heavy atom. The monoisotopic (exact) mass is 451 g/mol. The number of benzene rings is 1. The van der Waals surface area contributed by atoms with E-state index in [2.05, 4.69) is 10.2 Å².